The maximum atomic E-state index is 14.0. The van der Waals surface area contributed by atoms with Crippen LogP contribution in [-0.4, -0.2) is 30.5 Å². The number of halogens is 3. The Morgan fingerprint density at radius 2 is 2.13 bits per heavy atom. The van der Waals surface area contributed by atoms with E-state index in [1.54, 1.807) is 6.07 Å². The molecule has 2 aliphatic rings. The van der Waals surface area contributed by atoms with Gasteiger partial charge < -0.3 is 10.6 Å². The van der Waals surface area contributed by atoms with Crippen molar-refractivity contribution in [1.82, 2.24) is 4.90 Å². The largest absolute Gasteiger partial charge is 0.370 e. The van der Waals surface area contributed by atoms with Crippen LogP contribution >= 0.6 is 24.0 Å². The normalized spacial score (nSPS) is 23.3. The van der Waals surface area contributed by atoms with Crippen molar-refractivity contribution >= 4 is 29.9 Å². The fraction of sp³-hybridized carbons (Fsp3) is 0.588. The van der Waals surface area contributed by atoms with E-state index in [1.807, 2.05) is 0 Å². The van der Waals surface area contributed by atoms with E-state index in [-0.39, 0.29) is 29.4 Å². The second kappa shape index (κ2) is 7.32. The van der Waals surface area contributed by atoms with E-state index < -0.39 is 11.6 Å². The summed E-state index contributed by atoms with van der Waals surface area (Å²) >= 11 is 0. The molecule has 1 saturated heterocycles. The number of hydrogen-bond donors (Lipinski definition) is 1. The molecule has 3 nitrogen and oxygen atoms in total. The second-order valence-corrected chi connectivity index (χ2v) is 6.77. The Bertz CT molecular complexity index is 587. The first kappa shape index (κ1) is 18.4. The summed E-state index contributed by atoms with van der Waals surface area (Å²) in [5.74, 6) is 0.174. The van der Waals surface area contributed by atoms with Crippen molar-refractivity contribution in [2.24, 2.45) is 16.6 Å². The van der Waals surface area contributed by atoms with Crippen LogP contribution in [0.1, 0.15) is 38.2 Å². The first-order valence-corrected chi connectivity index (χ1v) is 8.01. The van der Waals surface area contributed by atoms with Crippen LogP contribution in [0.25, 0.3) is 0 Å². The van der Waals surface area contributed by atoms with Gasteiger partial charge in [0.1, 0.15) is 11.6 Å². The van der Waals surface area contributed by atoms with E-state index in [4.69, 9.17) is 5.73 Å². The van der Waals surface area contributed by atoms with Crippen LogP contribution in [0.4, 0.5) is 8.78 Å². The van der Waals surface area contributed by atoms with Gasteiger partial charge in [0.15, 0.2) is 5.96 Å². The highest BCUT2D eigenvalue weighted by atomic mass is 127. The van der Waals surface area contributed by atoms with E-state index in [0.717, 1.165) is 38.4 Å². The number of rotatable bonds is 3. The summed E-state index contributed by atoms with van der Waals surface area (Å²) in [5.41, 5.74) is 6.39. The first-order valence-electron chi connectivity index (χ1n) is 8.01. The molecule has 1 atom stereocenters. The van der Waals surface area contributed by atoms with Crippen LogP contribution in [-0.2, 0) is 5.41 Å². The molecule has 2 fully saturated rings. The number of likely N-dealkylation sites (tertiary alicyclic amines) is 1. The highest BCUT2D eigenvalue weighted by Gasteiger charge is 2.46. The molecule has 6 heteroatoms. The number of nitrogens with zero attached hydrogens (tertiary/aromatic N) is 2. The van der Waals surface area contributed by atoms with Gasteiger partial charge in [0.05, 0.1) is 6.54 Å². The van der Waals surface area contributed by atoms with Gasteiger partial charge >= 0.3 is 0 Å². The molecule has 0 radical (unpaired) electrons. The van der Waals surface area contributed by atoms with Crippen molar-refractivity contribution in [1.29, 1.82) is 0 Å². The molecular formula is C17H24F2IN3. The number of benzene rings is 1. The summed E-state index contributed by atoms with van der Waals surface area (Å²) in [6, 6.07) is 3.82. The number of aliphatic imine (C=N–C) groups is 1. The monoisotopic (exact) mass is 435 g/mol. The third-order valence-corrected chi connectivity index (χ3v) is 4.88. The lowest BCUT2D eigenvalue weighted by atomic mass is 9.95. The molecule has 1 saturated carbocycles. The van der Waals surface area contributed by atoms with Gasteiger partial charge in [0.2, 0.25) is 0 Å². The lowest BCUT2D eigenvalue weighted by Gasteiger charge is -2.32. The van der Waals surface area contributed by atoms with Crippen LogP contribution in [0.15, 0.2) is 23.2 Å². The highest BCUT2D eigenvalue weighted by Crippen LogP contribution is 2.49. The molecule has 2 N–H and O–H groups in total. The minimum Gasteiger partial charge on any atom is -0.370 e. The maximum Gasteiger partial charge on any atom is 0.191 e. The summed E-state index contributed by atoms with van der Waals surface area (Å²) in [5, 5.41) is 0. The van der Waals surface area contributed by atoms with Crippen LogP contribution in [0.5, 0.6) is 0 Å². The van der Waals surface area contributed by atoms with Crippen molar-refractivity contribution < 1.29 is 8.78 Å². The number of nitrogens with two attached hydrogens (primary N) is 1. The zero-order valence-electron chi connectivity index (χ0n) is 13.4. The summed E-state index contributed by atoms with van der Waals surface area (Å²) in [4.78, 5) is 6.63. The van der Waals surface area contributed by atoms with Gasteiger partial charge in [-0.2, -0.15) is 0 Å². The van der Waals surface area contributed by atoms with Crippen molar-refractivity contribution in [2.45, 2.75) is 38.0 Å². The Balaban J connectivity index is 0.00000192. The molecule has 0 bridgehead atoms. The fourth-order valence-corrected chi connectivity index (χ4v) is 3.31. The van der Waals surface area contributed by atoms with Crippen LogP contribution in [0, 0.1) is 17.6 Å². The predicted octanol–water partition coefficient (Wildman–Crippen LogP) is 3.66. The molecule has 1 heterocycles. The Morgan fingerprint density at radius 3 is 2.74 bits per heavy atom. The summed E-state index contributed by atoms with van der Waals surface area (Å²) < 4.78 is 27.0. The Morgan fingerprint density at radius 1 is 1.39 bits per heavy atom. The topological polar surface area (TPSA) is 41.6 Å². The molecule has 23 heavy (non-hydrogen) atoms. The third-order valence-electron chi connectivity index (χ3n) is 4.88. The van der Waals surface area contributed by atoms with Gasteiger partial charge in [0.25, 0.3) is 0 Å². The maximum absolute atomic E-state index is 14.0. The molecule has 1 aliphatic heterocycles. The van der Waals surface area contributed by atoms with E-state index in [9.17, 15) is 8.78 Å². The second-order valence-electron chi connectivity index (χ2n) is 6.77. The average molecular weight is 435 g/mol. The SMILES string of the molecule is CC1CCCN(C(N)=NCC2(c3ccc(F)cc3F)CC2)C1.I. The first-order chi connectivity index (χ1) is 10.5. The Kier molecular flexibility index (Phi) is 5.86. The fourth-order valence-electron chi connectivity index (χ4n) is 3.31. The van der Waals surface area contributed by atoms with Crippen molar-refractivity contribution in [3.8, 4) is 0 Å². The molecule has 1 aromatic carbocycles. The van der Waals surface area contributed by atoms with E-state index in [2.05, 4.69) is 16.8 Å². The zero-order valence-corrected chi connectivity index (χ0v) is 15.7. The van der Waals surface area contributed by atoms with Crippen molar-refractivity contribution in [3.63, 3.8) is 0 Å². The van der Waals surface area contributed by atoms with Crippen molar-refractivity contribution in [2.75, 3.05) is 19.6 Å². The van der Waals surface area contributed by atoms with Gasteiger partial charge in [-0.1, -0.05) is 13.0 Å². The molecular weight excluding hydrogens is 411 g/mol. The van der Waals surface area contributed by atoms with E-state index in [0.29, 0.717) is 24.0 Å². The number of piperidine rings is 1. The number of guanidine groups is 1. The Labute approximate surface area is 153 Å². The van der Waals surface area contributed by atoms with Crippen LogP contribution < -0.4 is 5.73 Å². The quantitative estimate of drug-likeness (QED) is 0.448. The molecule has 3 rings (SSSR count). The van der Waals surface area contributed by atoms with Gasteiger partial charge in [-0.3, -0.25) is 4.99 Å². The van der Waals surface area contributed by atoms with Crippen LogP contribution in [0.2, 0.25) is 0 Å². The number of hydrogen-bond acceptors (Lipinski definition) is 1. The lowest BCUT2D eigenvalue weighted by molar-refractivity contribution is 0.270. The minimum absolute atomic E-state index is 0. The molecule has 1 unspecified atom stereocenters. The van der Waals surface area contributed by atoms with Gasteiger partial charge in [-0.25, -0.2) is 8.78 Å². The van der Waals surface area contributed by atoms with Gasteiger partial charge in [0, 0.05) is 24.6 Å². The van der Waals surface area contributed by atoms with E-state index >= 15 is 0 Å². The summed E-state index contributed by atoms with van der Waals surface area (Å²) in [7, 11) is 0. The smallest absolute Gasteiger partial charge is 0.191 e. The zero-order chi connectivity index (χ0) is 15.7. The molecule has 128 valence electrons. The Hall–Kier alpha value is -0.920. The standard InChI is InChI=1S/C17H23F2N3.HI/c1-12-3-2-8-22(10-12)16(20)21-11-17(6-7-17)14-5-4-13(18)9-15(14)19;/h4-5,9,12H,2-3,6-8,10-11H2,1H3,(H2,20,21);1H. The summed E-state index contributed by atoms with van der Waals surface area (Å²) in [6.45, 7) is 4.58. The van der Waals surface area contributed by atoms with Crippen LogP contribution in [0.3, 0.4) is 0 Å². The average Bonchev–Trinajstić information content (AvgIpc) is 3.25. The highest BCUT2D eigenvalue weighted by molar-refractivity contribution is 14.0. The predicted molar refractivity (Wildman–Crippen MR) is 99.1 cm³/mol. The lowest BCUT2D eigenvalue weighted by Crippen LogP contribution is -2.43. The van der Waals surface area contributed by atoms with Gasteiger partial charge in [-0.05, 0) is 43.2 Å². The molecule has 1 aliphatic carbocycles. The minimum atomic E-state index is -0.539. The van der Waals surface area contributed by atoms with Gasteiger partial charge in [-0.15, -0.1) is 24.0 Å². The van der Waals surface area contributed by atoms with Crippen molar-refractivity contribution in [3.05, 3.63) is 35.4 Å². The summed E-state index contributed by atoms with van der Waals surface area (Å²) in [6.07, 6.45) is 4.12. The molecule has 0 aromatic heterocycles. The molecule has 1 aromatic rings. The third kappa shape index (κ3) is 4.14. The molecule has 0 spiro atoms. The molecule has 0 amide bonds. The van der Waals surface area contributed by atoms with E-state index in [1.165, 1.54) is 12.5 Å².